The highest BCUT2D eigenvalue weighted by Crippen LogP contribution is 2.29. The van der Waals surface area contributed by atoms with Crippen LogP contribution in [-0.2, 0) is 31.9 Å². The molecule has 0 spiro atoms. The van der Waals surface area contributed by atoms with Gasteiger partial charge in [-0.15, -0.1) is 30.0 Å². The highest BCUT2D eigenvalue weighted by molar-refractivity contribution is 5.75. The van der Waals surface area contributed by atoms with Gasteiger partial charge in [0.05, 0.1) is 13.2 Å². The Morgan fingerprint density at radius 3 is 1.29 bits per heavy atom. The van der Waals surface area contributed by atoms with Crippen molar-refractivity contribution in [1.29, 1.82) is 0 Å². The minimum absolute atomic E-state index is 0.105. The van der Waals surface area contributed by atoms with E-state index in [1.54, 1.807) is 12.1 Å². The lowest BCUT2D eigenvalue weighted by Gasteiger charge is -2.10. The average molecular weight is 691 g/mol. The highest BCUT2D eigenvalue weighted by atomic mass is 16.5. The second kappa shape index (κ2) is 16.3. The van der Waals surface area contributed by atoms with Crippen molar-refractivity contribution in [3.63, 3.8) is 0 Å². The Bertz CT molecular complexity index is 1940. The summed E-state index contributed by atoms with van der Waals surface area (Å²) in [5, 5.41) is 39.2. The van der Waals surface area contributed by atoms with Crippen LogP contribution in [0.5, 0.6) is 11.5 Å². The molecule has 0 aliphatic heterocycles. The van der Waals surface area contributed by atoms with E-state index in [1.165, 1.54) is 9.59 Å². The number of fused-ring (bicyclic) bond motifs is 2. The van der Waals surface area contributed by atoms with Crippen LogP contribution >= 0.6 is 0 Å². The molecule has 0 aliphatic carbocycles. The first-order valence-electron chi connectivity index (χ1n) is 17.4. The predicted octanol–water partition coefficient (Wildman–Crippen LogP) is 6.78. The molecule has 0 aliphatic rings. The van der Waals surface area contributed by atoms with Gasteiger partial charge in [0, 0.05) is 12.8 Å². The maximum Gasteiger partial charge on any atom is 0.306 e. The molecule has 4 aromatic carbocycles. The summed E-state index contributed by atoms with van der Waals surface area (Å²) < 4.78 is 10.9. The molecule has 2 aromatic heterocycles. The standard InChI is InChI=1S/C39H42N6O6/c1-26-22-28(24-34(38(26)48)44-40-30-12-6-7-13-31(30)41-44)16-18-36(46)50-20-10-4-3-5-11-21-51-37(47)19-17-29-23-27(2)39(49)35(25-29)45-42-32-14-8-9-15-33(32)43-45/h6-9,12-15,22-25,48-49H,3-5,10-11,16-21H2,1-2H3. The van der Waals surface area contributed by atoms with Gasteiger partial charge in [-0.05, 0) is 98.2 Å². The van der Waals surface area contributed by atoms with Gasteiger partial charge in [0.2, 0.25) is 0 Å². The average Bonchev–Trinajstić information content (AvgIpc) is 3.76. The van der Waals surface area contributed by atoms with E-state index in [0.29, 0.717) is 48.6 Å². The second-order valence-electron chi connectivity index (χ2n) is 12.7. The van der Waals surface area contributed by atoms with Gasteiger partial charge >= 0.3 is 11.9 Å². The summed E-state index contributed by atoms with van der Waals surface area (Å²) in [5.41, 5.74) is 7.02. The van der Waals surface area contributed by atoms with Crippen LogP contribution in [0.25, 0.3) is 33.4 Å². The van der Waals surface area contributed by atoms with Crippen LogP contribution in [0.15, 0.2) is 72.8 Å². The van der Waals surface area contributed by atoms with Crippen LogP contribution in [0.3, 0.4) is 0 Å². The normalized spacial score (nSPS) is 11.3. The molecule has 0 bridgehead atoms. The maximum absolute atomic E-state index is 12.4. The summed E-state index contributed by atoms with van der Waals surface area (Å²) in [4.78, 5) is 27.7. The zero-order valence-electron chi connectivity index (χ0n) is 28.9. The Morgan fingerprint density at radius 2 is 0.922 bits per heavy atom. The number of aromatic hydroxyl groups is 2. The molecule has 0 atom stereocenters. The van der Waals surface area contributed by atoms with Crippen molar-refractivity contribution < 1.29 is 29.3 Å². The fourth-order valence-electron chi connectivity index (χ4n) is 5.94. The number of hydrogen-bond acceptors (Lipinski definition) is 10. The SMILES string of the molecule is Cc1cc(CCC(=O)OCCCCCCCOC(=O)CCc2cc(C)c(O)c(-n3nc4ccccc4n3)c2)cc(-n2nc3ccccc3n2)c1O. The minimum atomic E-state index is -0.262. The van der Waals surface area contributed by atoms with Crippen LogP contribution < -0.4 is 0 Å². The Kier molecular flexibility index (Phi) is 11.2. The van der Waals surface area contributed by atoms with Gasteiger partial charge in [0.1, 0.15) is 44.9 Å². The summed E-state index contributed by atoms with van der Waals surface area (Å²) in [6.07, 6.45) is 5.73. The topological polar surface area (TPSA) is 154 Å². The second-order valence-corrected chi connectivity index (χ2v) is 12.7. The molecule has 12 nitrogen and oxygen atoms in total. The number of unbranched alkanes of at least 4 members (excludes halogenated alkanes) is 4. The summed E-state index contributed by atoms with van der Waals surface area (Å²) in [7, 11) is 0. The number of benzene rings is 4. The molecule has 0 fully saturated rings. The molecular weight excluding hydrogens is 648 g/mol. The van der Waals surface area contributed by atoms with Crippen molar-refractivity contribution in [2.24, 2.45) is 0 Å². The van der Waals surface area contributed by atoms with Crippen LogP contribution in [0, 0.1) is 13.8 Å². The lowest BCUT2D eigenvalue weighted by atomic mass is 10.0. The summed E-state index contributed by atoms with van der Waals surface area (Å²) in [5.74, 6) is -0.313. The van der Waals surface area contributed by atoms with E-state index in [0.717, 1.165) is 65.3 Å². The number of phenolic OH excluding ortho intramolecular Hbond substituents is 2. The zero-order chi connectivity index (χ0) is 35.7. The number of aryl methyl sites for hydroxylation is 4. The van der Waals surface area contributed by atoms with Gasteiger partial charge in [-0.25, -0.2) is 0 Å². The lowest BCUT2D eigenvalue weighted by molar-refractivity contribution is -0.144. The first kappa shape index (κ1) is 35.1. The Labute approximate surface area is 295 Å². The molecule has 0 saturated carbocycles. The van der Waals surface area contributed by atoms with Crippen molar-refractivity contribution >= 4 is 34.0 Å². The quantitative estimate of drug-likeness (QED) is 0.0820. The van der Waals surface area contributed by atoms with Gasteiger partial charge in [-0.1, -0.05) is 55.7 Å². The zero-order valence-corrected chi connectivity index (χ0v) is 28.9. The minimum Gasteiger partial charge on any atom is -0.505 e. The van der Waals surface area contributed by atoms with Crippen LogP contribution in [0.4, 0.5) is 0 Å². The Morgan fingerprint density at radius 1 is 0.569 bits per heavy atom. The Balaban J connectivity index is 0.840. The molecule has 51 heavy (non-hydrogen) atoms. The fourth-order valence-corrected chi connectivity index (χ4v) is 5.94. The largest absolute Gasteiger partial charge is 0.505 e. The number of esters is 2. The van der Waals surface area contributed by atoms with Crippen molar-refractivity contribution in [2.45, 2.75) is 71.6 Å². The van der Waals surface area contributed by atoms with Crippen molar-refractivity contribution in [1.82, 2.24) is 30.0 Å². The van der Waals surface area contributed by atoms with E-state index >= 15 is 0 Å². The maximum atomic E-state index is 12.4. The number of carbonyl (C=O) groups is 2. The number of nitrogens with zero attached hydrogens (tertiary/aromatic N) is 6. The van der Waals surface area contributed by atoms with Crippen molar-refractivity contribution in [3.8, 4) is 22.9 Å². The number of phenols is 2. The highest BCUT2D eigenvalue weighted by Gasteiger charge is 2.15. The van der Waals surface area contributed by atoms with E-state index < -0.39 is 0 Å². The third-order valence-corrected chi connectivity index (χ3v) is 8.73. The predicted molar refractivity (Wildman–Crippen MR) is 192 cm³/mol. The van der Waals surface area contributed by atoms with Gasteiger partial charge < -0.3 is 19.7 Å². The van der Waals surface area contributed by atoms with Crippen molar-refractivity contribution in [2.75, 3.05) is 13.2 Å². The van der Waals surface area contributed by atoms with Crippen molar-refractivity contribution in [3.05, 3.63) is 95.1 Å². The number of ether oxygens (including phenoxy) is 2. The first-order chi connectivity index (χ1) is 24.7. The molecule has 6 aromatic rings. The van der Waals surface area contributed by atoms with Crippen LogP contribution in [-0.4, -0.2) is 65.4 Å². The molecule has 0 saturated heterocycles. The molecule has 12 heteroatoms. The van der Waals surface area contributed by atoms with E-state index in [2.05, 4.69) is 20.4 Å². The van der Waals surface area contributed by atoms with Crippen LogP contribution in [0.1, 0.15) is 67.2 Å². The van der Waals surface area contributed by atoms with E-state index in [1.807, 2.05) is 74.5 Å². The fraction of sp³-hybridized carbons (Fsp3) is 0.333. The number of carbonyl (C=O) groups excluding carboxylic acids is 2. The van der Waals surface area contributed by atoms with Gasteiger partial charge in [-0.3, -0.25) is 9.59 Å². The van der Waals surface area contributed by atoms with E-state index in [9.17, 15) is 19.8 Å². The molecule has 2 N–H and O–H groups in total. The molecule has 0 unspecified atom stereocenters. The number of hydrogen-bond donors (Lipinski definition) is 2. The number of rotatable bonds is 16. The molecule has 6 rings (SSSR count). The third-order valence-electron chi connectivity index (χ3n) is 8.73. The smallest absolute Gasteiger partial charge is 0.306 e. The molecule has 0 radical (unpaired) electrons. The Hall–Kier alpha value is -5.78. The van der Waals surface area contributed by atoms with Gasteiger partial charge in [0.25, 0.3) is 0 Å². The molecule has 0 amide bonds. The summed E-state index contributed by atoms with van der Waals surface area (Å²) >= 11 is 0. The lowest BCUT2D eigenvalue weighted by Crippen LogP contribution is -2.08. The van der Waals surface area contributed by atoms with Gasteiger partial charge in [-0.2, -0.15) is 0 Å². The molecule has 264 valence electrons. The summed E-state index contributed by atoms with van der Waals surface area (Å²) in [6.45, 7) is 4.35. The molecule has 2 heterocycles. The van der Waals surface area contributed by atoms with Gasteiger partial charge in [0.15, 0.2) is 0 Å². The van der Waals surface area contributed by atoms with E-state index in [-0.39, 0.29) is 36.3 Å². The molecular formula is C39H42N6O6. The van der Waals surface area contributed by atoms with E-state index in [4.69, 9.17) is 9.47 Å². The first-order valence-corrected chi connectivity index (χ1v) is 17.4. The monoisotopic (exact) mass is 690 g/mol. The third kappa shape index (κ3) is 8.88. The number of aromatic nitrogens is 6. The van der Waals surface area contributed by atoms with Crippen LogP contribution in [0.2, 0.25) is 0 Å². The summed E-state index contributed by atoms with van der Waals surface area (Å²) in [6, 6.07) is 22.3.